The second kappa shape index (κ2) is 9.21. The van der Waals surface area contributed by atoms with Gasteiger partial charge in [-0.25, -0.2) is 0 Å². The first kappa shape index (κ1) is 20.9. The van der Waals surface area contributed by atoms with Gasteiger partial charge in [0.15, 0.2) is 0 Å². The molecule has 3 aromatic rings. The molecule has 0 radical (unpaired) electrons. The number of anilines is 1. The van der Waals surface area contributed by atoms with Crippen molar-refractivity contribution < 1.29 is 14.3 Å². The molecular weight excluding hydrogens is 388 g/mol. The Morgan fingerprint density at radius 1 is 1.06 bits per heavy atom. The van der Waals surface area contributed by atoms with E-state index in [0.29, 0.717) is 18.0 Å². The van der Waals surface area contributed by atoms with Gasteiger partial charge in [0.2, 0.25) is 0 Å². The van der Waals surface area contributed by atoms with E-state index in [0.717, 1.165) is 36.4 Å². The summed E-state index contributed by atoms with van der Waals surface area (Å²) in [7, 11) is 3.36. The molecule has 1 amide bonds. The molecule has 5 nitrogen and oxygen atoms in total. The van der Waals surface area contributed by atoms with Crippen molar-refractivity contribution in [3.8, 4) is 11.5 Å². The van der Waals surface area contributed by atoms with Gasteiger partial charge in [-0.05, 0) is 79.1 Å². The van der Waals surface area contributed by atoms with Crippen LogP contribution in [0.1, 0.15) is 46.3 Å². The van der Waals surface area contributed by atoms with Crippen molar-refractivity contribution >= 4 is 11.6 Å². The Kier molecular flexibility index (Phi) is 6.21. The Balaban J connectivity index is 1.71. The fourth-order valence-corrected chi connectivity index (χ4v) is 4.42. The molecule has 0 saturated carbocycles. The van der Waals surface area contributed by atoms with Crippen LogP contribution < -0.4 is 14.4 Å². The first-order chi connectivity index (χ1) is 15.1. The van der Waals surface area contributed by atoms with Crippen LogP contribution in [0.2, 0.25) is 0 Å². The first-order valence-corrected chi connectivity index (χ1v) is 10.7. The highest BCUT2D eigenvalue weighted by atomic mass is 16.5. The molecule has 0 spiro atoms. The Morgan fingerprint density at radius 2 is 1.84 bits per heavy atom. The van der Waals surface area contributed by atoms with Crippen LogP contribution >= 0.6 is 0 Å². The van der Waals surface area contributed by atoms with E-state index < -0.39 is 0 Å². The minimum atomic E-state index is -0.0500. The highest BCUT2D eigenvalue weighted by Gasteiger charge is 2.27. The van der Waals surface area contributed by atoms with Crippen molar-refractivity contribution in [2.75, 3.05) is 25.7 Å². The maximum Gasteiger partial charge on any atom is 0.259 e. The number of ether oxygens (including phenoxy) is 2. The summed E-state index contributed by atoms with van der Waals surface area (Å²) in [5.74, 6) is 1.93. The van der Waals surface area contributed by atoms with E-state index in [2.05, 4.69) is 23.2 Å². The zero-order valence-corrected chi connectivity index (χ0v) is 18.3. The molecule has 1 atom stereocenters. The summed E-state index contributed by atoms with van der Waals surface area (Å²) < 4.78 is 10.9. The van der Waals surface area contributed by atoms with Crippen molar-refractivity contribution in [2.45, 2.75) is 32.1 Å². The van der Waals surface area contributed by atoms with E-state index in [1.807, 2.05) is 36.1 Å². The number of aromatic nitrogens is 1. The van der Waals surface area contributed by atoms with Gasteiger partial charge >= 0.3 is 0 Å². The molecule has 31 heavy (non-hydrogen) atoms. The number of carbonyl (C=O) groups is 1. The SMILES string of the molecule is CCN(C(=O)c1cccnc1)c1cc(OC)ccc1C1CCc2cc(OC)ccc2C1. The molecule has 0 N–H and O–H groups in total. The average molecular weight is 417 g/mol. The lowest BCUT2D eigenvalue weighted by atomic mass is 9.79. The number of nitrogens with zero attached hydrogens (tertiary/aromatic N) is 2. The highest BCUT2D eigenvalue weighted by molar-refractivity contribution is 6.06. The summed E-state index contributed by atoms with van der Waals surface area (Å²) in [6.07, 6.45) is 6.26. The molecule has 1 aliphatic rings. The summed E-state index contributed by atoms with van der Waals surface area (Å²) in [4.78, 5) is 19.3. The third-order valence-corrected chi connectivity index (χ3v) is 6.08. The standard InChI is InChI=1S/C26H28N2O3/c1-4-28(26(29)21-6-5-13-27-17-21)25-16-23(31-3)11-12-24(25)20-8-7-19-15-22(30-2)10-9-18(19)14-20/h5-6,9-13,15-17,20H,4,7-8,14H2,1-3H3. The molecule has 1 heterocycles. The number of rotatable bonds is 6. The van der Waals surface area contributed by atoms with Crippen molar-refractivity contribution in [2.24, 2.45) is 0 Å². The van der Waals surface area contributed by atoms with Gasteiger partial charge in [-0.2, -0.15) is 0 Å². The number of methoxy groups -OCH3 is 2. The van der Waals surface area contributed by atoms with Gasteiger partial charge in [0, 0.05) is 25.0 Å². The largest absolute Gasteiger partial charge is 0.497 e. The second-order valence-corrected chi connectivity index (χ2v) is 7.79. The van der Waals surface area contributed by atoms with E-state index in [1.165, 1.54) is 16.7 Å². The number of hydrogen-bond donors (Lipinski definition) is 0. The predicted octanol–water partition coefficient (Wildman–Crippen LogP) is 5.04. The van der Waals surface area contributed by atoms with E-state index in [1.54, 1.807) is 32.7 Å². The molecule has 160 valence electrons. The Morgan fingerprint density at radius 3 is 2.55 bits per heavy atom. The van der Waals surface area contributed by atoms with E-state index in [-0.39, 0.29) is 5.91 Å². The molecule has 0 bridgehead atoms. The van der Waals surface area contributed by atoms with Crippen molar-refractivity contribution in [1.82, 2.24) is 4.98 Å². The molecule has 1 unspecified atom stereocenters. The molecule has 5 heteroatoms. The minimum absolute atomic E-state index is 0.0500. The van der Waals surface area contributed by atoms with Gasteiger partial charge in [0.25, 0.3) is 5.91 Å². The van der Waals surface area contributed by atoms with Crippen molar-refractivity contribution in [3.05, 3.63) is 83.2 Å². The normalized spacial score (nSPS) is 15.1. The van der Waals surface area contributed by atoms with Crippen LogP contribution in [0.3, 0.4) is 0 Å². The Labute approximate surface area is 183 Å². The zero-order chi connectivity index (χ0) is 21.8. The Bertz CT molecular complexity index is 1070. The third kappa shape index (κ3) is 4.26. The molecule has 2 aromatic carbocycles. The van der Waals surface area contributed by atoms with Gasteiger partial charge in [-0.15, -0.1) is 0 Å². The van der Waals surface area contributed by atoms with Gasteiger partial charge in [-0.3, -0.25) is 9.78 Å². The summed E-state index contributed by atoms with van der Waals surface area (Å²) in [6, 6.07) is 16.0. The van der Waals surface area contributed by atoms with Crippen LogP contribution in [-0.2, 0) is 12.8 Å². The summed E-state index contributed by atoms with van der Waals surface area (Å²) >= 11 is 0. The maximum atomic E-state index is 13.3. The zero-order valence-electron chi connectivity index (χ0n) is 18.3. The number of amides is 1. The van der Waals surface area contributed by atoms with E-state index >= 15 is 0 Å². The monoisotopic (exact) mass is 416 g/mol. The Hall–Kier alpha value is -3.34. The number of hydrogen-bond acceptors (Lipinski definition) is 4. The third-order valence-electron chi connectivity index (χ3n) is 6.08. The van der Waals surface area contributed by atoms with Gasteiger partial charge in [0.1, 0.15) is 11.5 Å². The first-order valence-electron chi connectivity index (χ1n) is 10.7. The number of pyridine rings is 1. The van der Waals surface area contributed by atoms with Crippen LogP contribution in [-0.4, -0.2) is 31.7 Å². The van der Waals surface area contributed by atoms with Crippen LogP contribution in [0, 0.1) is 0 Å². The molecule has 0 fully saturated rings. The topological polar surface area (TPSA) is 51.7 Å². The average Bonchev–Trinajstić information content (AvgIpc) is 2.84. The molecule has 1 aromatic heterocycles. The lowest BCUT2D eigenvalue weighted by Gasteiger charge is -2.31. The fourth-order valence-electron chi connectivity index (χ4n) is 4.42. The molecule has 4 rings (SSSR count). The van der Waals surface area contributed by atoms with Crippen molar-refractivity contribution in [1.29, 1.82) is 0 Å². The van der Waals surface area contributed by atoms with Gasteiger partial charge in [-0.1, -0.05) is 12.1 Å². The van der Waals surface area contributed by atoms with Crippen LogP contribution in [0.15, 0.2) is 60.9 Å². The van der Waals surface area contributed by atoms with Gasteiger partial charge < -0.3 is 14.4 Å². The summed E-state index contributed by atoms with van der Waals surface area (Å²) in [5.41, 5.74) is 5.38. The predicted molar refractivity (Wildman–Crippen MR) is 122 cm³/mol. The van der Waals surface area contributed by atoms with Crippen molar-refractivity contribution in [3.63, 3.8) is 0 Å². The van der Waals surface area contributed by atoms with E-state index in [9.17, 15) is 4.79 Å². The minimum Gasteiger partial charge on any atom is -0.497 e. The summed E-state index contributed by atoms with van der Waals surface area (Å²) in [6.45, 7) is 2.56. The second-order valence-electron chi connectivity index (χ2n) is 7.79. The van der Waals surface area contributed by atoms with E-state index in [4.69, 9.17) is 9.47 Å². The van der Waals surface area contributed by atoms with Gasteiger partial charge in [0.05, 0.1) is 25.5 Å². The smallest absolute Gasteiger partial charge is 0.259 e. The molecule has 0 aliphatic heterocycles. The molecule has 0 saturated heterocycles. The van der Waals surface area contributed by atoms with Crippen LogP contribution in [0.5, 0.6) is 11.5 Å². The fraction of sp³-hybridized carbons (Fsp3) is 0.308. The molecular formula is C26H28N2O3. The maximum absolute atomic E-state index is 13.3. The highest BCUT2D eigenvalue weighted by Crippen LogP contribution is 2.40. The lowest BCUT2D eigenvalue weighted by molar-refractivity contribution is 0.0987. The quantitative estimate of drug-likeness (QED) is 0.565. The number of fused-ring (bicyclic) bond motifs is 1. The van der Waals surface area contributed by atoms with Crippen LogP contribution in [0.4, 0.5) is 5.69 Å². The van der Waals surface area contributed by atoms with Crippen LogP contribution in [0.25, 0.3) is 0 Å². The number of aryl methyl sites for hydroxylation is 1. The number of carbonyl (C=O) groups excluding carboxylic acids is 1. The lowest BCUT2D eigenvalue weighted by Crippen LogP contribution is -2.32. The summed E-state index contributed by atoms with van der Waals surface area (Å²) in [5, 5.41) is 0. The number of benzene rings is 2. The molecule has 1 aliphatic carbocycles.